The molecule has 1 heterocycles. The third kappa shape index (κ3) is 3.91. The van der Waals surface area contributed by atoms with E-state index in [0.29, 0.717) is 6.04 Å². The van der Waals surface area contributed by atoms with E-state index in [9.17, 15) is 0 Å². The Morgan fingerprint density at radius 2 is 2.21 bits per heavy atom. The number of halogens is 1. The van der Waals surface area contributed by atoms with Crippen LogP contribution in [0, 0.1) is 0 Å². The second-order valence-electron chi connectivity index (χ2n) is 4.57. The summed E-state index contributed by atoms with van der Waals surface area (Å²) in [5, 5.41) is 7.88. The standard InChI is InChI=1S/C15H20BrN3/c1-3-17-15(13-6-5-7-14(16)9-13)8-12-10-18-19(4-2)11-12/h5-7,9-11,15,17H,3-4,8H2,1-2H3. The van der Waals surface area contributed by atoms with Gasteiger partial charge in [0.2, 0.25) is 0 Å². The van der Waals surface area contributed by atoms with Crippen LogP contribution < -0.4 is 5.32 Å². The van der Waals surface area contributed by atoms with Gasteiger partial charge in [0.25, 0.3) is 0 Å². The molecule has 0 saturated carbocycles. The molecule has 2 aromatic rings. The predicted octanol–water partition coefficient (Wildman–Crippen LogP) is 3.56. The quantitative estimate of drug-likeness (QED) is 0.881. The monoisotopic (exact) mass is 321 g/mol. The summed E-state index contributed by atoms with van der Waals surface area (Å²) in [6.07, 6.45) is 5.05. The average Bonchev–Trinajstić information content (AvgIpc) is 2.86. The lowest BCUT2D eigenvalue weighted by molar-refractivity contribution is 0.549. The number of nitrogens with one attached hydrogen (secondary N) is 1. The molecule has 0 fully saturated rings. The van der Waals surface area contributed by atoms with Gasteiger partial charge in [-0.1, -0.05) is 35.0 Å². The van der Waals surface area contributed by atoms with E-state index in [1.807, 2.05) is 10.9 Å². The number of benzene rings is 1. The molecule has 1 aromatic heterocycles. The molecule has 102 valence electrons. The molecule has 0 amide bonds. The Hall–Kier alpha value is -1.13. The molecule has 19 heavy (non-hydrogen) atoms. The Morgan fingerprint density at radius 3 is 2.84 bits per heavy atom. The molecule has 0 aliphatic heterocycles. The summed E-state index contributed by atoms with van der Waals surface area (Å²) in [6, 6.07) is 8.82. The second kappa shape index (κ2) is 6.87. The highest BCUT2D eigenvalue weighted by atomic mass is 79.9. The van der Waals surface area contributed by atoms with Crippen molar-refractivity contribution >= 4 is 15.9 Å². The molecule has 0 saturated heterocycles. The molecular formula is C15H20BrN3. The van der Waals surface area contributed by atoms with Gasteiger partial charge in [-0.25, -0.2) is 0 Å². The highest BCUT2D eigenvalue weighted by Gasteiger charge is 2.12. The number of aromatic nitrogens is 2. The van der Waals surface area contributed by atoms with Crippen molar-refractivity contribution in [2.45, 2.75) is 32.9 Å². The lowest BCUT2D eigenvalue weighted by Crippen LogP contribution is -2.22. The van der Waals surface area contributed by atoms with E-state index < -0.39 is 0 Å². The summed E-state index contributed by atoms with van der Waals surface area (Å²) in [5.74, 6) is 0. The number of likely N-dealkylation sites (N-methyl/N-ethyl adjacent to an activating group) is 1. The van der Waals surface area contributed by atoms with Crippen LogP contribution in [0.2, 0.25) is 0 Å². The van der Waals surface area contributed by atoms with E-state index in [2.05, 4.69) is 70.7 Å². The molecule has 4 heteroatoms. The van der Waals surface area contributed by atoms with Crippen LogP contribution in [0.4, 0.5) is 0 Å². The summed E-state index contributed by atoms with van der Waals surface area (Å²) in [6.45, 7) is 6.12. The summed E-state index contributed by atoms with van der Waals surface area (Å²) in [7, 11) is 0. The fraction of sp³-hybridized carbons (Fsp3) is 0.400. The van der Waals surface area contributed by atoms with Crippen molar-refractivity contribution in [2.24, 2.45) is 0 Å². The van der Waals surface area contributed by atoms with Crippen molar-refractivity contribution in [2.75, 3.05) is 6.54 Å². The number of nitrogens with zero attached hydrogens (tertiary/aromatic N) is 2. The first-order valence-electron chi connectivity index (χ1n) is 6.73. The van der Waals surface area contributed by atoms with Crippen molar-refractivity contribution in [3.05, 3.63) is 52.3 Å². The van der Waals surface area contributed by atoms with Gasteiger partial charge < -0.3 is 5.32 Å². The molecule has 1 aromatic carbocycles. The molecule has 0 radical (unpaired) electrons. The maximum Gasteiger partial charge on any atom is 0.0522 e. The first-order chi connectivity index (χ1) is 9.22. The Bertz CT molecular complexity index is 522. The van der Waals surface area contributed by atoms with Crippen LogP contribution in [0.25, 0.3) is 0 Å². The van der Waals surface area contributed by atoms with Crippen molar-refractivity contribution < 1.29 is 0 Å². The molecule has 1 atom stereocenters. The third-order valence-corrected chi connectivity index (χ3v) is 3.65. The van der Waals surface area contributed by atoms with Crippen molar-refractivity contribution in [1.29, 1.82) is 0 Å². The smallest absolute Gasteiger partial charge is 0.0522 e. The zero-order valence-corrected chi connectivity index (χ0v) is 13.0. The fourth-order valence-electron chi connectivity index (χ4n) is 2.20. The molecule has 0 aliphatic rings. The van der Waals surface area contributed by atoms with Gasteiger partial charge in [-0.05, 0) is 43.1 Å². The van der Waals surface area contributed by atoms with E-state index >= 15 is 0 Å². The normalized spacial score (nSPS) is 12.6. The lowest BCUT2D eigenvalue weighted by atomic mass is 10.0. The van der Waals surface area contributed by atoms with Gasteiger partial charge in [-0.15, -0.1) is 0 Å². The Balaban J connectivity index is 2.15. The zero-order chi connectivity index (χ0) is 13.7. The van der Waals surface area contributed by atoms with Gasteiger partial charge >= 0.3 is 0 Å². The highest BCUT2D eigenvalue weighted by molar-refractivity contribution is 9.10. The minimum Gasteiger partial charge on any atom is -0.310 e. The van der Waals surface area contributed by atoms with Gasteiger partial charge in [0.05, 0.1) is 6.20 Å². The molecule has 0 aliphatic carbocycles. The summed E-state index contributed by atoms with van der Waals surface area (Å²) in [4.78, 5) is 0. The van der Waals surface area contributed by atoms with Crippen molar-refractivity contribution in [3.8, 4) is 0 Å². The Labute approximate surface area is 123 Å². The van der Waals surface area contributed by atoms with Crippen LogP contribution in [0.15, 0.2) is 41.1 Å². The predicted molar refractivity (Wildman–Crippen MR) is 82.2 cm³/mol. The molecule has 2 rings (SSSR count). The summed E-state index contributed by atoms with van der Waals surface area (Å²) in [5.41, 5.74) is 2.58. The fourth-order valence-corrected chi connectivity index (χ4v) is 2.61. The third-order valence-electron chi connectivity index (χ3n) is 3.15. The SMILES string of the molecule is CCNC(Cc1cnn(CC)c1)c1cccc(Br)c1. The van der Waals surface area contributed by atoms with Crippen LogP contribution in [-0.2, 0) is 13.0 Å². The molecule has 1 N–H and O–H groups in total. The van der Waals surface area contributed by atoms with E-state index in [0.717, 1.165) is 24.0 Å². The maximum atomic E-state index is 4.34. The first kappa shape index (κ1) is 14.3. The zero-order valence-electron chi connectivity index (χ0n) is 11.4. The van der Waals surface area contributed by atoms with Crippen LogP contribution in [0.1, 0.15) is 31.0 Å². The lowest BCUT2D eigenvalue weighted by Gasteiger charge is -2.18. The van der Waals surface area contributed by atoms with Crippen LogP contribution in [-0.4, -0.2) is 16.3 Å². The van der Waals surface area contributed by atoms with Gasteiger partial charge in [-0.2, -0.15) is 5.10 Å². The first-order valence-corrected chi connectivity index (χ1v) is 7.52. The van der Waals surface area contributed by atoms with E-state index in [4.69, 9.17) is 0 Å². The number of hydrogen-bond donors (Lipinski definition) is 1. The van der Waals surface area contributed by atoms with E-state index in [1.165, 1.54) is 11.1 Å². The van der Waals surface area contributed by atoms with E-state index in [1.54, 1.807) is 0 Å². The Kier molecular flexibility index (Phi) is 5.16. The Morgan fingerprint density at radius 1 is 1.37 bits per heavy atom. The molecular weight excluding hydrogens is 302 g/mol. The van der Waals surface area contributed by atoms with Crippen LogP contribution in [0.3, 0.4) is 0 Å². The van der Waals surface area contributed by atoms with Crippen LogP contribution >= 0.6 is 15.9 Å². The van der Waals surface area contributed by atoms with Crippen molar-refractivity contribution in [3.63, 3.8) is 0 Å². The maximum absolute atomic E-state index is 4.34. The molecule has 1 unspecified atom stereocenters. The molecule has 3 nitrogen and oxygen atoms in total. The van der Waals surface area contributed by atoms with Crippen LogP contribution in [0.5, 0.6) is 0 Å². The molecule has 0 bridgehead atoms. The number of aryl methyl sites for hydroxylation is 1. The topological polar surface area (TPSA) is 29.9 Å². The van der Waals surface area contributed by atoms with Gasteiger partial charge in [0.1, 0.15) is 0 Å². The second-order valence-corrected chi connectivity index (χ2v) is 5.49. The summed E-state index contributed by atoms with van der Waals surface area (Å²) >= 11 is 3.54. The number of rotatable bonds is 6. The minimum atomic E-state index is 0.331. The van der Waals surface area contributed by atoms with Crippen molar-refractivity contribution in [1.82, 2.24) is 15.1 Å². The van der Waals surface area contributed by atoms with E-state index in [-0.39, 0.29) is 0 Å². The molecule has 0 spiro atoms. The van der Waals surface area contributed by atoms with Gasteiger partial charge in [0, 0.05) is 23.3 Å². The summed E-state index contributed by atoms with van der Waals surface area (Å²) < 4.78 is 3.09. The number of hydrogen-bond acceptors (Lipinski definition) is 2. The average molecular weight is 322 g/mol. The van der Waals surface area contributed by atoms with Gasteiger partial charge in [0.15, 0.2) is 0 Å². The largest absolute Gasteiger partial charge is 0.310 e. The highest BCUT2D eigenvalue weighted by Crippen LogP contribution is 2.21. The van der Waals surface area contributed by atoms with Gasteiger partial charge in [-0.3, -0.25) is 4.68 Å². The minimum absolute atomic E-state index is 0.331.